The van der Waals surface area contributed by atoms with E-state index in [1.807, 2.05) is 49.4 Å². The Balaban J connectivity index is 0.000000186. The van der Waals surface area contributed by atoms with Crippen LogP contribution in [0.3, 0.4) is 0 Å². The highest BCUT2D eigenvalue weighted by Crippen LogP contribution is 2.30. The number of rotatable bonds is 10. The molecule has 0 amide bonds. The maximum atomic E-state index is 12.7. The van der Waals surface area contributed by atoms with Crippen LogP contribution in [0.5, 0.6) is 0 Å². The second-order valence-electron chi connectivity index (χ2n) is 14.6. The number of thiol groups is 1. The van der Waals surface area contributed by atoms with Gasteiger partial charge in [0.25, 0.3) is 0 Å². The Morgan fingerprint density at radius 3 is 1.59 bits per heavy atom. The van der Waals surface area contributed by atoms with E-state index in [9.17, 15) is 18.5 Å². The van der Waals surface area contributed by atoms with E-state index in [-0.39, 0.29) is 16.8 Å². The number of aromatic nitrogens is 2. The molecule has 0 unspecified atom stereocenters. The van der Waals surface area contributed by atoms with Crippen LogP contribution in [0.25, 0.3) is 0 Å². The van der Waals surface area contributed by atoms with Crippen molar-refractivity contribution in [2.75, 3.05) is 26.2 Å². The molecule has 0 aliphatic carbocycles. The maximum Gasteiger partial charge on any atom is 0.376 e. The Labute approximate surface area is 369 Å². The first-order valence-electron chi connectivity index (χ1n) is 19.4. The number of pyridine rings is 2. The fourth-order valence-electron chi connectivity index (χ4n) is 6.85. The minimum Gasteiger partial charge on any atom is -0.437 e. The van der Waals surface area contributed by atoms with Gasteiger partial charge in [-0.15, -0.1) is 12.6 Å². The summed E-state index contributed by atoms with van der Waals surface area (Å²) in [6.07, 6.45) is 9.50. The fourth-order valence-corrected chi connectivity index (χ4v) is 9.95. The molecule has 3 aromatic carbocycles. The molecule has 306 valence electrons. The molecule has 16 heteroatoms. The topological polar surface area (TPSA) is 107 Å². The Morgan fingerprint density at radius 1 is 0.655 bits per heavy atom. The number of piperidine rings is 2. The summed E-state index contributed by atoms with van der Waals surface area (Å²) in [5, 5.41) is 21.1. The van der Waals surface area contributed by atoms with Gasteiger partial charge in [0.05, 0.1) is 9.79 Å². The number of hydrogen-bond acceptors (Lipinski definition) is 10. The van der Waals surface area contributed by atoms with Gasteiger partial charge < -0.3 is 19.7 Å². The second-order valence-corrected chi connectivity index (χ2v) is 19.5. The van der Waals surface area contributed by atoms with Crippen LogP contribution >= 0.6 is 59.2 Å². The molecule has 5 aromatic rings. The van der Waals surface area contributed by atoms with E-state index in [1.165, 1.54) is 18.3 Å². The predicted molar refractivity (Wildman–Crippen MR) is 243 cm³/mol. The van der Waals surface area contributed by atoms with Gasteiger partial charge in [-0.2, -0.15) is 0 Å². The summed E-state index contributed by atoms with van der Waals surface area (Å²) in [7, 11) is -4.33. The maximum absolute atomic E-state index is 12.7. The van der Waals surface area contributed by atoms with Crippen molar-refractivity contribution in [3.8, 4) is 0 Å². The van der Waals surface area contributed by atoms with Gasteiger partial charge in [0.2, 0.25) is 9.84 Å². The zero-order valence-electron chi connectivity index (χ0n) is 32.7. The number of halogens is 3. The first-order valence-corrected chi connectivity index (χ1v) is 23.3. The molecule has 0 saturated carbocycles. The molecule has 2 N–H and O–H groups in total. The summed E-state index contributed by atoms with van der Waals surface area (Å²) in [5.74, 6) is 1.17. The van der Waals surface area contributed by atoms with Crippen molar-refractivity contribution in [3.05, 3.63) is 136 Å². The SMILES string of the molecule is CB(O)N1CCC(Cc2ccc(S(=O)(=O)c3cccc(Cl)c3)cn2)CC1.CB(O)N1CCC(Cc2ccc(Sc3cccc(Cl)c3)cn2)CC1.Sc1cccc(Cl)c1. The normalized spacial score (nSPS) is 15.4. The Hall–Kier alpha value is -2.55. The standard InChI is InChI=1S/C18H22BClN2O3S.C18H22BClN2OS.C6H5ClS/c1-19(23)22-9-7-14(8-10-22)11-16-5-6-18(13-21-16)26(24,25)17-4-2-3-15(20)12-17;1-19(23)22-9-7-14(8-10-22)11-16-5-6-18(13-21-16)24-17-4-2-3-15(20)12-17;7-5-2-1-3-6(8)4-5/h2-6,12-14,23H,7-11H2,1H3;2-6,12-14,23H,7-11H2,1H3;1-4,8H. The minimum absolute atomic E-state index is 0.171. The smallest absolute Gasteiger partial charge is 0.376 e. The quantitative estimate of drug-likeness (QED) is 0.0934. The summed E-state index contributed by atoms with van der Waals surface area (Å²) in [5.41, 5.74) is 2.05. The third kappa shape index (κ3) is 14.9. The molecule has 0 radical (unpaired) electrons. The van der Waals surface area contributed by atoms with Crippen LogP contribution in [-0.2, 0) is 22.7 Å². The van der Waals surface area contributed by atoms with Crippen molar-refractivity contribution in [1.29, 1.82) is 0 Å². The molecule has 2 saturated heterocycles. The Morgan fingerprint density at radius 2 is 1.16 bits per heavy atom. The van der Waals surface area contributed by atoms with Gasteiger partial charge in [0, 0.05) is 53.5 Å². The summed E-state index contributed by atoms with van der Waals surface area (Å²) in [4.78, 5) is 16.7. The van der Waals surface area contributed by atoms with Crippen LogP contribution in [0.1, 0.15) is 37.1 Å². The van der Waals surface area contributed by atoms with Gasteiger partial charge in [-0.1, -0.05) is 64.8 Å². The van der Waals surface area contributed by atoms with E-state index in [4.69, 9.17) is 34.8 Å². The molecule has 0 atom stereocenters. The lowest BCUT2D eigenvalue weighted by atomic mass is 9.80. The van der Waals surface area contributed by atoms with Gasteiger partial charge >= 0.3 is 14.1 Å². The number of nitrogens with zero attached hydrogens (tertiary/aromatic N) is 4. The van der Waals surface area contributed by atoms with Crippen molar-refractivity contribution in [2.24, 2.45) is 11.8 Å². The van der Waals surface area contributed by atoms with Crippen LogP contribution in [0.15, 0.2) is 134 Å². The Kier molecular flexibility index (Phi) is 18.4. The first-order chi connectivity index (χ1) is 27.7. The largest absolute Gasteiger partial charge is 0.437 e. The highest BCUT2D eigenvalue weighted by atomic mass is 35.5. The monoisotopic (exact) mass is 896 g/mol. The molecular formula is C42H49B2Cl3N4O4S3. The minimum atomic E-state index is -3.61. The van der Waals surface area contributed by atoms with Crippen molar-refractivity contribution in [2.45, 2.75) is 76.6 Å². The summed E-state index contributed by atoms with van der Waals surface area (Å²) < 4.78 is 25.3. The number of sulfone groups is 1. The van der Waals surface area contributed by atoms with E-state index in [1.54, 1.807) is 48.9 Å². The van der Waals surface area contributed by atoms with Crippen molar-refractivity contribution in [1.82, 2.24) is 19.6 Å². The van der Waals surface area contributed by atoms with Crippen LogP contribution < -0.4 is 0 Å². The molecule has 2 fully saturated rings. The average Bonchev–Trinajstić information content (AvgIpc) is 3.20. The first kappa shape index (κ1) is 46.5. The lowest BCUT2D eigenvalue weighted by Gasteiger charge is -2.32. The molecule has 4 heterocycles. The zero-order chi connectivity index (χ0) is 41.7. The van der Waals surface area contributed by atoms with Crippen LogP contribution in [-0.4, -0.2) is 78.3 Å². The van der Waals surface area contributed by atoms with Gasteiger partial charge in [-0.05, 0) is 169 Å². The van der Waals surface area contributed by atoms with Crippen molar-refractivity contribution >= 4 is 83.1 Å². The van der Waals surface area contributed by atoms with E-state index in [0.717, 1.165) is 101 Å². The van der Waals surface area contributed by atoms with Gasteiger partial charge in [0.1, 0.15) is 0 Å². The van der Waals surface area contributed by atoms with Crippen LogP contribution in [0, 0.1) is 11.8 Å². The lowest BCUT2D eigenvalue weighted by molar-refractivity contribution is 0.249. The highest BCUT2D eigenvalue weighted by Gasteiger charge is 2.26. The molecule has 58 heavy (non-hydrogen) atoms. The number of hydrogen-bond donors (Lipinski definition) is 3. The molecule has 7 rings (SSSR count). The average molecular weight is 898 g/mol. The molecule has 0 spiro atoms. The number of benzene rings is 3. The van der Waals surface area contributed by atoms with Crippen LogP contribution in [0.4, 0.5) is 0 Å². The molecular weight excluding hydrogens is 849 g/mol. The highest BCUT2D eigenvalue weighted by molar-refractivity contribution is 7.99. The predicted octanol–water partition coefficient (Wildman–Crippen LogP) is 9.81. The summed E-state index contributed by atoms with van der Waals surface area (Å²) in [6.45, 7) is 7.35. The zero-order valence-corrected chi connectivity index (χ0v) is 37.5. The van der Waals surface area contributed by atoms with Gasteiger partial charge in [-0.25, -0.2) is 8.42 Å². The Bertz CT molecular complexity index is 2120. The fraction of sp³-hybridized carbons (Fsp3) is 0.333. The summed E-state index contributed by atoms with van der Waals surface area (Å²) in [6, 6.07) is 29.2. The molecule has 2 aliphatic rings. The van der Waals surface area contributed by atoms with E-state index in [0.29, 0.717) is 16.9 Å². The third-order valence-corrected chi connectivity index (χ3v) is 13.9. The summed E-state index contributed by atoms with van der Waals surface area (Å²) >= 11 is 23.3. The van der Waals surface area contributed by atoms with Crippen molar-refractivity contribution in [3.63, 3.8) is 0 Å². The lowest BCUT2D eigenvalue weighted by Crippen LogP contribution is -2.43. The second kappa shape index (κ2) is 22.9. The van der Waals surface area contributed by atoms with Crippen LogP contribution in [0.2, 0.25) is 28.7 Å². The third-order valence-electron chi connectivity index (χ3n) is 10.2. The van der Waals surface area contributed by atoms with E-state index >= 15 is 0 Å². The van der Waals surface area contributed by atoms with E-state index in [2.05, 4.69) is 50.4 Å². The van der Waals surface area contributed by atoms with E-state index < -0.39 is 16.9 Å². The van der Waals surface area contributed by atoms with Gasteiger partial charge in [-0.3, -0.25) is 9.97 Å². The molecule has 2 aliphatic heterocycles. The van der Waals surface area contributed by atoms with Gasteiger partial charge in [0.15, 0.2) is 0 Å². The molecule has 8 nitrogen and oxygen atoms in total. The van der Waals surface area contributed by atoms with Crippen molar-refractivity contribution < 1.29 is 18.5 Å². The molecule has 0 bridgehead atoms. The molecule has 2 aromatic heterocycles.